The predicted molar refractivity (Wildman–Crippen MR) is 144 cm³/mol. The van der Waals surface area contributed by atoms with Gasteiger partial charge in [-0.25, -0.2) is 0 Å². The van der Waals surface area contributed by atoms with Gasteiger partial charge in [-0.15, -0.1) is 6.08 Å². The van der Waals surface area contributed by atoms with Gasteiger partial charge in [0.15, 0.2) is 0 Å². The van der Waals surface area contributed by atoms with Crippen LogP contribution in [0.25, 0.3) is 0 Å². The molecule has 186 valence electrons. The molecule has 0 radical (unpaired) electrons. The molecule has 3 amide bonds. The van der Waals surface area contributed by atoms with Gasteiger partial charge in [-0.1, -0.05) is 30.7 Å². The second-order valence-corrected chi connectivity index (χ2v) is 7.87. The maximum absolute atomic E-state index is 12.1. The third kappa shape index (κ3) is 21.1. The first-order valence-electron chi connectivity index (χ1n) is 10.9. The van der Waals surface area contributed by atoms with Gasteiger partial charge in [-0.2, -0.15) is 6.42 Å². The fourth-order valence-corrected chi connectivity index (χ4v) is 2.83. The molecular weight excluding hydrogens is 504 g/mol. The van der Waals surface area contributed by atoms with E-state index in [0.717, 1.165) is 48.8 Å². The van der Waals surface area contributed by atoms with E-state index in [1.54, 1.807) is 0 Å². The van der Waals surface area contributed by atoms with E-state index in [2.05, 4.69) is 24.9 Å². The summed E-state index contributed by atoms with van der Waals surface area (Å²) in [7, 11) is 0. The van der Waals surface area contributed by atoms with Gasteiger partial charge in [0.05, 0.1) is 6.04 Å². The summed E-state index contributed by atoms with van der Waals surface area (Å²) in [5, 5.41) is 2.79. The number of rotatable bonds is 13. The molecule has 1 aromatic carbocycles. The van der Waals surface area contributed by atoms with Gasteiger partial charge in [0.2, 0.25) is 17.7 Å². The van der Waals surface area contributed by atoms with Gasteiger partial charge >= 0.3 is 45.5 Å². The van der Waals surface area contributed by atoms with E-state index < -0.39 is 11.9 Å². The van der Waals surface area contributed by atoms with Crippen LogP contribution in [-0.2, 0) is 20.8 Å². The molecule has 0 heterocycles. The zero-order valence-corrected chi connectivity index (χ0v) is 24.7. The molecule has 0 fully saturated rings. The first-order chi connectivity index (χ1) is 15.0. The van der Waals surface area contributed by atoms with E-state index in [0.29, 0.717) is 12.1 Å². The minimum Gasteiger partial charge on any atom is -0.370 e. The number of benzene rings is 1. The minimum atomic E-state index is -0.773. The predicted octanol–water partition coefficient (Wildman–Crippen LogP) is 3.53. The van der Waals surface area contributed by atoms with Crippen LogP contribution in [0.4, 0.5) is 5.69 Å². The Balaban J connectivity index is -0.000000930. The fourth-order valence-electron chi connectivity index (χ4n) is 2.83. The van der Waals surface area contributed by atoms with Crippen LogP contribution in [0.15, 0.2) is 42.5 Å². The Morgan fingerprint density at radius 3 is 2.21 bits per heavy atom. The van der Waals surface area contributed by atoms with Crippen LogP contribution in [0, 0.1) is 21.3 Å². The molecule has 0 aliphatic carbocycles. The summed E-state index contributed by atoms with van der Waals surface area (Å²) < 4.78 is 0. The summed E-state index contributed by atoms with van der Waals surface area (Å²) >= 11 is 0. The van der Waals surface area contributed by atoms with Gasteiger partial charge < -0.3 is 36.9 Å². The van der Waals surface area contributed by atoms with Crippen molar-refractivity contribution in [3.05, 3.63) is 68.0 Å². The topological polar surface area (TPSA) is 141 Å². The molecule has 0 aliphatic rings. The molecule has 8 heteroatoms. The maximum Gasteiger partial charge on any atom is 2.00 e. The summed E-state index contributed by atoms with van der Waals surface area (Å²) in [6.07, 6.45) is 9.05. The fraction of sp³-hybridized carbons (Fsp3) is 0.423. The quantitative estimate of drug-likeness (QED) is 0.130. The monoisotopic (exact) mass is 546 g/mol. The first kappa shape index (κ1) is 37.1. The largest absolute Gasteiger partial charge is 2.00 e. The van der Waals surface area contributed by atoms with Gasteiger partial charge in [0.25, 0.3) is 0 Å². The Labute approximate surface area is 243 Å². The molecule has 0 spiro atoms. The van der Waals surface area contributed by atoms with Crippen molar-refractivity contribution >= 4 is 68.9 Å². The van der Waals surface area contributed by atoms with E-state index in [1.807, 2.05) is 38.1 Å². The average molecular weight is 546 g/mol. The number of aryl methyl sites for hydroxylation is 2. The SMILES string of the molecule is C=C(C)/C=C\C[CH2-].Cc1cc(CCCCCC(N)=O)cc(NC(=O)C(N)CCC(N)=O)c1.[CH3-].[Sr+2]. The van der Waals surface area contributed by atoms with Crippen molar-refractivity contribution in [3.63, 3.8) is 0 Å². The molecule has 1 rings (SSSR count). The zero-order valence-electron chi connectivity index (χ0n) is 21.2. The molecular formula is C26H42N4O3Sr. The molecule has 0 bridgehead atoms. The number of carbonyl (C=O) groups is 3. The van der Waals surface area contributed by atoms with Crippen LogP contribution in [0.1, 0.15) is 63.0 Å². The standard InChI is InChI=1S/C18H28N4O3.C7H11.CH3.Sr/c1-12-9-13(5-3-2-4-6-16(20)23)11-14(10-12)22-18(25)15(19)7-8-17(21)24;1-4-5-6-7(2)3;;/h9-11,15H,2-8,19H2,1H3,(H2,20,23)(H2,21,24)(H,22,25);5-6H,1-2,4H2,3H3;1H3;/q;2*-1;+2/b;6-5-;;. The second-order valence-electron chi connectivity index (χ2n) is 7.87. The molecule has 0 saturated carbocycles. The molecule has 1 atom stereocenters. The molecule has 7 N–H and O–H groups in total. The summed E-state index contributed by atoms with van der Waals surface area (Å²) in [5.41, 5.74) is 19.9. The Morgan fingerprint density at radius 1 is 1.09 bits per heavy atom. The molecule has 1 unspecified atom stereocenters. The van der Waals surface area contributed by atoms with Crippen molar-refractivity contribution in [1.29, 1.82) is 0 Å². The van der Waals surface area contributed by atoms with Crippen molar-refractivity contribution in [2.24, 2.45) is 17.2 Å². The van der Waals surface area contributed by atoms with Crippen molar-refractivity contribution in [3.8, 4) is 0 Å². The molecule has 7 nitrogen and oxygen atoms in total. The third-order valence-corrected chi connectivity index (χ3v) is 4.40. The number of amides is 3. The Bertz CT molecular complexity index is 794. The minimum absolute atomic E-state index is 0. The summed E-state index contributed by atoms with van der Waals surface area (Å²) in [4.78, 5) is 33.6. The van der Waals surface area contributed by atoms with E-state index >= 15 is 0 Å². The van der Waals surface area contributed by atoms with Crippen LogP contribution in [-0.4, -0.2) is 69.2 Å². The first-order valence-corrected chi connectivity index (χ1v) is 10.9. The van der Waals surface area contributed by atoms with Crippen LogP contribution in [0.2, 0.25) is 0 Å². The number of anilines is 1. The van der Waals surface area contributed by atoms with Crippen LogP contribution < -0.4 is 22.5 Å². The number of hydrogen-bond acceptors (Lipinski definition) is 4. The van der Waals surface area contributed by atoms with Crippen molar-refractivity contribution in [1.82, 2.24) is 0 Å². The second kappa shape index (κ2) is 22.0. The number of hydrogen-bond donors (Lipinski definition) is 4. The molecule has 1 aromatic rings. The molecule has 0 aliphatic heterocycles. The Kier molecular flexibility index (Phi) is 24.1. The average Bonchev–Trinajstić information content (AvgIpc) is 2.69. The van der Waals surface area contributed by atoms with Crippen molar-refractivity contribution in [2.45, 2.75) is 71.3 Å². The van der Waals surface area contributed by atoms with Gasteiger partial charge in [-0.3, -0.25) is 14.4 Å². The summed E-state index contributed by atoms with van der Waals surface area (Å²) in [6.45, 7) is 11.2. The van der Waals surface area contributed by atoms with Crippen LogP contribution in [0.5, 0.6) is 0 Å². The maximum atomic E-state index is 12.1. The number of nitrogens with two attached hydrogens (primary N) is 3. The number of nitrogens with one attached hydrogen (secondary N) is 1. The zero-order chi connectivity index (χ0) is 24.5. The Hall–Kier alpha value is -1.45. The van der Waals surface area contributed by atoms with E-state index in [9.17, 15) is 14.4 Å². The summed E-state index contributed by atoms with van der Waals surface area (Å²) in [5.74, 6) is -1.08. The van der Waals surface area contributed by atoms with Gasteiger partial charge in [0.1, 0.15) is 0 Å². The normalized spacial score (nSPS) is 10.7. The third-order valence-electron chi connectivity index (χ3n) is 4.40. The van der Waals surface area contributed by atoms with E-state index in [4.69, 9.17) is 17.2 Å². The van der Waals surface area contributed by atoms with Gasteiger partial charge in [0, 0.05) is 18.5 Å². The number of allylic oxidation sites excluding steroid dienone is 3. The smallest absolute Gasteiger partial charge is 0.370 e. The van der Waals surface area contributed by atoms with Crippen LogP contribution >= 0.6 is 0 Å². The number of unbranched alkanes of at least 4 members (excludes halogenated alkanes) is 2. The van der Waals surface area contributed by atoms with E-state index in [-0.39, 0.29) is 77.6 Å². The Morgan fingerprint density at radius 2 is 1.71 bits per heavy atom. The molecule has 34 heavy (non-hydrogen) atoms. The molecule has 0 saturated heterocycles. The summed E-state index contributed by atoms with van der Waals surface area (Å²) in [6, 6.07) is 5.08. The number of primary amides is 2. The molecule has 0 aromatic heterocycles. The van der Waals surface area contributed by atoms with Crippen molar-refractivity contribution < 1.29 is 14.4 Å². The number of carbonyl (C=O) groups excluding carboxylic acids is 3. The van der Waals surface area contributed by atoms with Gasteiger partial charge in [-0.05, 0) is 62.8 Å². The van der Waals surface area contributed by atoms with E-state index in [1.165, 1.54) is 0 Å². The van der Waals surface area contributed by atoms with Crippen molar-refractivity contribution in [2.75, 3.05) is 5.32 Å². The van der Waals surface area contributed by atoms with Crippen LogP contribution in [0.3, 0.4) is 0 Å².